The molecule has 0 bridgehead atoms. The average molecular weight is 546 g/mol. The van der Waals surface area contributed by atoms with Crippen LogP contribution in [0.25, 0.3) is 11.2 Å². The van der Waals surface area contributed by atoms with E-state index in [4.69, 9.17) is 0 Å². The maximum Gasteiger partial charge on any atom is 0.332 e. The number of rotatable bonds is 11. The topological polar surface area (TPSA) is 160 Å². The Labute approximate surface area is 227 Å². The molecule has 0 saturated heterocycles. The van der Waals surface area contributed by atoms with Crippen LogP contribution in [0.4, 0.5) is 17.3 Å². The number of para-hydroxylation sites is 2. The molecule has 1 N–H and O–H groups in total. The van der Waals surface area contributed by atoms with Gasteiger partial charge in [-0.05, 0) is 37.5 Å². The first kappa shape index (κ1) is 25.5. The van der Waals surface area contributed by atoms with E-state index < -0.39 is 21.1 Å². The van der Waals surface area contributed by atoms with Crippen LogP contribution in [-0.4, -0.2) is 28.5 Å². The Morgan fingerprint density at radius 3 is 1.95 bits per heavy atom. The summed E-state index contributed by atoms with van der Waals surface area (Å²) in [6.07, 6.45) is 3.86. The molecule has 2 saturated carbocycles. The van der Waals surface area contributed by atoms with Crippen LogP contribution in [0.2, 0.25) is 0 Å². The predicted molar refractivity (Wildman–Crippen MR) is 146 cm³/mol. The Kier molecular flexibility index (Phi) is 6.40. The van der Waals surface area contributed by atoms with E-state index in [1.807, 2.05) is 0 Å². The lowest BCUT2D eigenvalue weighted by atomic mass is 10.1. The summed E-state index contributed by atoms with van der Waals surface area (Å²) in [4.78, 5) is 54.5. The zero-order valence-electron chi connectivity index (χ0n) is 21.6. The maximum absolute atomic E-state index is 13.9. The van der Waals surface area contributed by atoms with E-state index in [2.05, 4.69) is 10.3 Å². The molecule has 2 aliphatic carbocycles. The van der Waals surface area contributed by atoms with Gasteiger partial charge < -0.3 is 5.32 Å². The van der Waals surface area contributed by atoms with Crippen molar-refractivity contribution in [1.82, 2.24) is 18.7 Å². The third-order valence-corrected chi connectivity index (χ3v) is 7.53. The molecule has 0 unspecified atom stereocenters. The van der Waals surface area contributed by atoms with Crippen LogP contribution in [0, 0.1) is 32.1 Å². The van der Waals surface area contributed by atoms with Crippen molar-refractivity contribution >= 4 is 28.5 Å². The van der Waals surface area contributed by atoms with E-state index in [0.717, 1.165) is 25.7 Å². The normalized spacial score (nSPS) is 14.9. The summed E-state index contributed by atoms with van der Waals surface area (Å²) in [5, 5.41) is 26.5. The molecule has 13 nitrogen and oxygen atoms in total. The van der Waals surface area contributed by atoms with Crippen molar-refractivity contribution < 1.29 is 9.85 Å². The smallest absolute Gasteiger partial charge is 0.332 e. The van der Waals surface area contributed by atoms with Crippen molar-refractivity contribution in [2.24, 2.45) is 11.8 Å². The molecular weight excluding hydrogens is 518 g/mol. The summed E-state index contributed by atoms with van der Waals surface area (Å²) in [5.41, 5.74) is 0.0432. The lowest BCUT2D eigenvalue weighted by Gasteiger charge is -2.13. The number of nitro groups is 2. The van der Waals surface area contributed by atoms with E-state index in [1.165, 1.54) is 16.7 Å². The van der Waals surface area contributed by atoms with E-state index in [0.29, 0.717) is 30.1 Å². The van der Waals surface area contributed by atoms with Crippen molar-refractivity contribution in [3.8, 4) is 0 Å². The van der Waals surface area contributed by atoms with Crippen molar-refractivity contribution in [3.05, 3.63) is 101 Å². The molecule has 13 heteroatoms. The van der Waals surface area contributed by atoms with Crippen LogP contribution in [0.15, 0.2) is 58.1 Å². The molecule has 4 aromatic rings. The van der Waals surface area contributed by atoms with Gasteiger partial charge in [0.15, 0.2) is 11.2 Å². The Morgan fingerprint density at radius 1 is 0.800 bits per heavy atom. The fraction of sp³-hybridized carbons (Fsp3) is 0.370. The highest BCUT2D eigenvalue weighted by Crippen LogP contribution is 2.33. The molecule has 0 aliphatic heterocycles. The number of nitrogens with one attached hydrogen (secondary N) is 1. The third kappa shape index (κ3) is 4.85. The second-order valence-corrected chi connectivity index (χ2v) is 10.5. The van der Waals surface area contributed by atoms with Crippen molar-refractivity contribution in [1.29, 1.82) is 0 Å². The summed E-state index contributed by atoms with van der Waals surface area (Å²) in [7, 11) is 0. The lowest BCUT2D eigenvalue weighted by Crippen LogP contribution is -2.41. The van der Waals surface area contributed by atoms with Crippen molar-refractivity contribution in [3.63, 3.8) is 0 Å². The van der Waals surface area contributed by atoms with Gasteiger partial charge in [0.1, 0.15) is 0 Å². The summed E-state index contributed by atoms with van der Waals surface area (Å²) in [6, 6.07) is 12.5. The average Bonchev–Trinajstić information content (AvgIpc) is 3.88. The van der Waals surface area contributed by atoms with Crippen molar-refractivity contribution in [2.75, 3.05) is 5.32 Å². The van der Waals surface area contributed by atoms with E-state index >= 15 is 0 Å². The third-order valence-electron chi connectivity index (χ3n) is 7.53. The molecule has 2 fully saturated rings. The highest BCUT2D eigenvalue weighted by atomic mass is 16.6. The van der Waals surface area contributed by atoms with Gasteiger partial charge in [-0.2, -0.15) is 4.98 Å². The number of hydrogen-bond acceptors (Lipinski definition) is 8. The molecule has 2 heterocycles. The summed E-state index contributed by atoms with van der Waals surface area (Å²) < 4.78 is 4.37. The highest BCUT2D eigenvalue weighted by Gasteiger charge is 2.30. The molecule has 40 heavy (non-hydrogen) atoms. The largest absolute Gasteiger partial charge is 0.351 e. The Hall–Kier alpha value is -4.81. The molecule has 206 valence electrons. The zero-order valence-corrected chi connectivity index (χ0v) is 21.6. The monoisotopic (exact) mass is 545 g/mol. The second kappa shape index (κ2) is 10.1. The van der Waals surface area contributed by atoms with Crippen LogP contribution in [0.5, 0.6) is 0 Å². The maximum atomic E-state index is 13.9. The number of hydrogen-bond donors (Lipinski definition) is 1. The standard InChI is InChI=1S/C27H27N7O6/c35-25-23-24(31(14-17-9-10-17)27(36)32(25)15-18-11-12-18)29-26(28-13-19-5-1-3-7-21(19)33(37)38)30(23)16-20-6-2-4-8-22(20)34(39)40/h1-8,17-18H,9-16H2,(H,28,29). The number of nitrogens with zero attached hydrogens (tertiary/aromatic N) is 6. The van der Waals surface area contributed by atoms with Gasteiger partial charge in [0.25, 0.3) is 16.9 Å². The number of benzene rings is 2. The lowest BCUT2D eigenvalue weighted by molar-refractivity contribution is -0.385. The van der Waals surface area contributed by atoms with Crippen LogP contribution < -0.4 is 16.6 Å². The number of aromatic nitrogens is 4. The number of imidazole rings is 1. The first-order chi connectivity index (χ1) is 19.3. The number of anilines is 1. The van der Waals surface area contributed by atoms with E-state index in [1.54, 1.807) is 45.5 Å². The van der Waals surface area contributed by atoms with Crippen LogP contribution in [-0.2, 0) is 26.2 Å². The van der Waals surface area contributed by atoms with Gasteiger partial charge in [0.2, 0.25) is 5.95 Å². The van der Waals surface area contributed by atoms with Crippen molar-refractivity contribution in [2.45, 2.75) is 51.9 Å². The molecule has 0 spiro atoms. The molecule has 2 aromatic heterocycles. The SMILES string of the molecule is O=c1c2c(nc(NCc3ccccc3[N+](=O)[O-])n2Cc2ccccc2[N+](=O)[O-])n(CC2CC2)c(=O)n1CC1CC1. The van der Waals surface area contributed by atoms with E-state index in [-0.39, 0.29) is 47.5 Å². The highest BCUT2D eigenvalue weighted by molar-refractivity contribution is 5.75. The van der Waals surface area contributed by atoms with Gasteiger partial charge in [-0.3, -0.25) is 38.7 Å². The first-order valence-corrected chi connectivity index (χ1v) is 13.2. The summed E-state index contributed by atoms with van der Waals surface area (Å²) in [5.74, 6) is 0.771. The van der Waals surface area contributed by atoms with Gasteiger partial charge in [0, 0.05) is 42.9 Å². The van der Waals surface area contributed by atoms with Gasteiger partial charge in [-0.15, -0.1) is 0 Å². The van der Waals surface area contributed by atoms with Crippen LogP contribution in [0.1, 0.15) is 36.8 Å². The predicted octanol–water partition coefficient (Wildman–Crippen LogP) is 3.66. The van der Waals surface area contributed by atoms with Crippen LogP contribution >= 0.6 is 0 Å². The molecule has 0 atom stereocenters. The van der Waals surface area contributed by atoms with Gasteiger partial charge in [-0.1, -0.05) is 36.4 Å². The summed E-state index contributed by atoms with van der Waals surface area (Å²) in [6.45, 7) is 0.688. The molecule has 6 rings (SSSR count). The molecule has 2 aliphatic rings. The molecule has 2 aromatic carbocycles. The second-order valence-electron chi connectivity index (χ2n) is 10.5. The van der Waals surface area contributed by atoms with Crippen LogP contribution in [0.3, 0.4) is 0 Å². The molecular formula is C27H27N7O6. The fourth-order valence-corrected chi connectivity index (χ4v) is 5.03. The quantitative estimate of drug-likeness (QED) is 0.221. The Balaban J connectivity index is 1.53. The van der Waals surface area contributed by atoms with Gasteiger partial charge in [-0.25, -0.2) is 4.79 Å². The Morgan fingerprint density at radius 2 is 1.35 bits per heavy atom. The zero-order chi connectivity index (χ0) is 28.0. The number of nitro benzene ring substituents is 2. The molecule has 0 amide bonds. The van der Waals surface area contributed by atoms with Gasteiger partial charge in [0.05, 0.1) is 16.4 Å². The minimum atomic E-state index is -0.497. The minimum Gasteiger partial charge on any atom is -0.351 e. The fourth-order valence-electron chi connectivity index (χ4n) is 5.03. The molecule has 0 radical (unpaired) electrons. The minimum absolute atomic E-state index is 0.0144. The van der Waals surface area contributed by atoms with Gasteiger partial charge >= 0.3 is 5.69 Å². The van der Waals surface area contributed by atoms with E-state index in [9.17, 15) is 29.8 Å². The summed E-state index contributed by atoms with van der Waals surface area (Å²) >= 11 is 0. The number of fused-ring (bicyclic) bond motifs is 1. The Bertz CT molecular complexity index is 1760. The first-order valence-electron chi connectivity index (χ1n) is 13.2.